The number of primary sulfonamides is 1. The number of nitrogens with two attached hydrogens (primary N) is 1. The van der Waals surface area contributed by atoms with E-state index in [1.54, 1.807) is 24.3 Å². The van der Waals surface area contributed by atoms with Gasteiger partial charge in [-0.1, -0.05) is 47.6 Å². The number of benzene rings is 2. The Morgan fingerprint density at radius 2 is 1.70 bits per heavy atom. The highest BCUT2D eigenvalue weighted by molar-refractivity contribution is 7.99. The number of halogens is 1. The van der Waals surface area contributed by atoms with Crippen LogP contribution in [-0.4, -0.2) is 36.8 Å². The van der Waals surface area contributed by atoms with Crippen LogP contribution in [0.15, 0.2) is 70.6 Å². The summed E-state index contributed by atoms with van der Waals surface area (Å²) in [4.78, 5) is 12.1. The lowest BCUT2D eigenvalue weighted by Crippen LogP contribution is -2.27. The SMILES string of the molecule is NS(=O)(=O)c1ccc(CCNC(=O)CSc2ccc(-c3ccc(Cl)cc3)nn2)cc1. The predicted molar refractivity (Wildman–Crippen MR) is 118 cm³/mol. The van der Waals surface area contributed by atoms with Gasteiger partial charge in [-0.25, -0.2) is 13.6 Å². The van der Waals surface area contributed by atoms with E-state index in [9.17, 15) is 13.2 Å². The lowest BCUT2D eigenvalue weighted by molar-refractivity contribution is -0.118. The van der Waals surface area contributed by atoms with Crippen molar-refractivity contribution in [3.8, 4) is 11.3 Å². The second-order valence-corrected chi connectivity index (χ2v) is 9.33. The topological polar surface area (TPSA) is 115 Å². The Hall–Kier alpha value is -2.46. The molecule has 0 aliphatic heterocycles. The molecule has 0 fully saturated rings. The Balaban J connectivity index is 1.43. The Morgan fingerprint density at radius 1 is 1.00 bits per heavy atom. The van der Waals surface area contributed by atoms with E-state index in [1.807, 2.05) is 24.3 Å². The van der Waals surface area contributed by atoms with Crippen LogP contribution in [0.25, 0.3) is 11.3 Å². The molecule has 0 bridgehead atoms. The summed E-state index contributed by atoms with van der Waals surface area (Å²) in [7, 11) is -3.70. The van der Waals surface area contributed by atoms with Crippen molar-refractivity contribution in [2.75, 3.05) is 12.3 Å². The minimum absolute atomic E-state index is 0.0647. The lowest BCUT2D eigenvalue weighted by atomic mass is 10.1. The summed E-state index contributed by atoms with van der Waals surface area (Å²) in [5.74, 6) is 0.101. The number of thioether (sulfide) groups is 1. The van der Waals surface area contributed by atoms with Crippen LogP contribution in [0.3, 0.4) is 0 Å². The summed E-state index contributed by atoms with van der Waals surface area (Å²) in [5, 5.41) is 17.5. The second-order valence-electron chi connectivity index (χ2n) is 6.34. The molecule has 0 spiro atoms. The van der Waals surface area contributed by atoms with Gasteiger partial charge in [-0.05, 0) is 48.4 Å². The molecule has 1 aromatic heterocycles. The van der Waals surface area contributed by atoms with Gasteiger partial charge in [0.25, 0.3) is 0 Å². The van der Waals surface area contributed by atoms with Crippen molar-refractivity contribution in [3.63, 3.8) is 0 Å². The van der Waals surface area contributed by atoms with Crippen LogP contribution in [0.5, 0.6) is 0 Å². The number of carbonyl (C=O) groups is 1. The van der Waals surface area contributed by atoms with Crippen LogP contribution >= 0.6 is 23.4 Å². The molecule has 0 aliphatic carbocycles. The number of aromatic nitrogens is 2. The van der Waals surface area contributed by atoms with Crippen molar-refractivity contribution in [1.82, 2.24) is 15.5 Å². The number of hydrogen-bond donors (Lipinski definition) is 2. The van der Waals surface area contributed by atoms with E-state index in [4.69, 9.17) is 16.7 Å². The van der Waals surface area contributed by atoms with Gasteiger partial charge in [-0.3, -0.25) is 4.79 Å². The molecule has 3 aromatic rings. The Bertz CT molecular complexity index is 1100. The number of hydrogen-bond acceptors (Lipinski definition) is 6. The monoisotopic (exact) mass is 462 g/mol. The molecular formula is C20H19ClN4O3S2. The summed E-state index contributed by atoms with van der Waals surface area (Å²) >= 11 is 7.18. The van der Waals surface area contributed by atoms with Gasteiger partial charge in [0.2, 0.25) is 15.9 Å². The van der Waals surface area contributed by atoms with Gasteiger partial charge in [0.1, 0.15) is 5.03 Å². The van der Waals surface area contributed by atoms with Gasteiger partial charge in [0, 0.05) is 17.1 Å². The van der Waals surface area contributed by atoms with Crippen molar-refractivity contribution in [2.45, 2.75) is 16.3 Å². The van der Waals surface area contributed by atoms with Gasteiger partial charge in [-0.2, -0.15) is 0 Å². The molecule has 10 heteroatoms. The first kappa shape index (κ1) is 22.2. The molecule has 3 N–H and O–H groups in total. The van der Waals surface area contributed by atoms with E-state index in [0.717, 1.165) is 16.8 Å². The molecule has 0 saturated carbocycles. The van der Waals surface area contributed by atoms with Crippen LogP contribution < -0.4 is 10.5 Å². The smallest absolute Gasteiger partial charge is 0.238 e. The summed E-state index contributed by atoms with van der Waals surface area (Å²) in [6, 6.07) is 17.3. The molecule has 0 saturated heterocycles. The third-order valence-electron chi connectivity index (χ3n) is 4.12. The molecular weight excluding hydrogens is 444 g/mol. The first-order chi connectivity index (χ1) is 14.3. The quantitative estimate of drug-likeness (QED) is 0.497. The fourth-order valence-electron chi connectivity index (χ4n) is 2.55. The number of carbonyl (C=O) groups excluding carboxylic acids is 1. The Labute approximate surface area is 184 Å². The van der Waals surface area contributed by atoms with Crippen LogP contribution in [0.2, 0.25) is 5.02 Å². The maximum absolute atomic E-state index is 12.0. The molecule has 0 unspecified atom stereocenters. The Morgan fingerprint density at radius 3 is 2.30 bits per heavy atom. The molecule has 3 rings (SSSR count). The third-order valence-corrected chi connectivity index (χ3v) is 6.22. The molecule has 0 aliphatic rings. The van der Waals surface area contributed by atoms with Gasteiger partial charge < -0.3 is 5.32 Å². The summed E-state index contributed by atoms with van der Waals surface area (Å²) in [5.41, 5.74) is 2.55. The Kier molecular flexibility index (Phi) is 7.43. The number of rotatable bonds is 8. The van der Waals surface area contributed by atoms with Gasteiger partial charge in [0.05, 0.1) is 16.3 Å². The summed E-state index contributed by atoms with van der Waals surface area (Å²) < 4.78 is 22.5. The average molecular weight is 463 g/mol. The highest BCUT2D eigenvalue weighted by atomic mass is 35.5. The van der Waals surface area contributed by atoms with E-state index >= 15 is 0 Å². The van der Waals surface area contributed by atoms with Crippen molar-refractivity contribution >= 4 is 39.3 Å². The van der Waals surface area contributed by atoms with Gasteiger partial charge in [-0.15, -0.1) is 10.2 Å². The number of sulfonamides is 1. The molecule has 156 valence electrons. The number of amides is 1. The van der Waals surface area contributed by atoms with Crippen molar-refractivity contribution < 1.29 is 13.2 Å². The first-order valence-electron chi connectivity index (χ1n) is 8.92. The lowest BCUT2D eigenvalue weighted by Gasteiger charge is -2.06. The zero-order valence-electron chi connectivity index (χ0n) is 15.8. The molecule has 2 aromatic carbocycles. The minimum atomic E-state index is -3.70. The highest BCUT2D eigenvalue weighted by Gasteiger charge is 2.08. The van der Waals surface area contributed by atoms with Crippen LogP contribution in [-0.2, 0) is 21.2 Å². The van der Waals surface area contributed by atoms with Crippen molar-refractivity contribution in [1.29, 1.82) is 0 Å². The molecule has 1 heterocycles. The zero-order chi connectivity index (χ0) is 21.6. The molecule has 30 heavy (non-hydrogen) atoms. The second kappa shape index (κ2) is 10.0. The predicted octanol–water partition coefficient (Wildman–Crippen LogP) is 2.90. The zero-order valence-corrected chi connectivity index (χ0v) is 18.2. The van der Waals surface area contributed by atoms with Crippen LogP contribution in [0.4, 0.5) is 0 Å². The largest absolute Gasteiger partial charge is 0.355 e. The maximum atomic E-state index is 12.0. The number of nitrogens with one attached hydrogen (secondary N) is 1. The van der Waals surface area contributed by atoms with Crippen molar-refractivity contribution in [2.24, 2.45) is 5.14 Å². The normalized spacial score (nSPS) is 11.3. The van der Waals surface area contributed by atoms with E-state index in [-0.39, 0.29) is 16.6 Å². The minimum Gasteiger partial charge on any atom is -0.355 e. The fraction of sp³-hybridized carbons (Fsp3) is 0.150. The third kappa shape index (κ3) is 6.53. The summed E-state index contributed by atoms with van der Waals surface area (Å²) in [6.45, 7) is 0.440. The van der Waals surface area contributed by atoms with E-state index in [1.165, 1.54) is 23.9 Å². The molecule has 0 atom stereocenters. The van der Waals surface area contributed by atoms with Crippen LogP contribution in [0.1, 0.15) is 5.56 Å². The standard InChI is InChI=1S/C20H19ClN4O3S2/c21-16-5-3-15(4-6-16)18-9-10-20(25-24-18)29-13-19(26)23-12-11-14-1-7-17(8-2-14)30(22,27)28/h1-10H,11-13H2,(H,23,26)(H2,22,27,28). The number of nitrogens with zero attached hydrogens (tertiary/aromatic N) is 2. The van der Waals surface area contributed by atoms with Crippen molar-refractivity contribution in [3.05, 3.63) is 71.2 Å². The molecule has 7 nitrogen and oxygen atoms in total. The van der Waals surface area contributed by atoms with Crippen LogP contribution in [0, 0.1) is 0 Å². The van der Waals surface area contributed by atoms with E-state index in [0.29, 0.717) is 23.0 Å². The first-order valence-corrected chi connectivity index (χ1v) is 11.8. The van der Waals surface area contributed by atoms with E-state index in [2.05, 4.69) is 15.5 Å². The maximum Gasteiger partial charge on any atom is 0.238 e. The average Bonchev–Trinajstić information content (AvgIpc) is 2.73. The molecule has 0 radical (unpaired) electrons. The molecule has 1 amide bonds. The summed E-state index contributed by atoms with van der Waals surface area (Å²) in [6.07, 6.45) is 0.580. The fourth-order valence-corrected chi connectivity index (χ4v) is 3.84. The van der Waals surface area contributed by atoms with Gasteiger partial charge >= 0.3 is 0 Å². The highest BCUT2D eigenvalue weighted by Crippen LogP contribution is 2.21. The van der Waals surface area contributed by atoms with Gasteiger partial charge in [0.15, 0.2) is 0 Å². The van der Waals surface area contributed by atoms with E-state index < -0.39 is 10.0 Å².